The maximum Gasteiger partial charge on any atom is 0.0957 e. The van der Waals surface area contributed by atoms with Gasteiger partial charge in [0, 0.05) is 17.3 Å². The molecule has 15 heavy (non-hydrogen) atoms. The average molecular weight is 226 g/mol. The summed E-state index contributed by atoms with van der Waals surface area (Å²) in [6, 6.07) is 0.110. The predicted octanol–water partition coefficient (Wildman–Crippen LogP) is 3.70. The van der Waals surface area contributed by atoms with Crippen LogP contribution in [0.25, 0.3) is 0 Å². The van der Waals surface area contributed by atoms with Crippen LogP contribution in [0.2, 0.25) is 0 Å². The normalized spacial score (nSPS) is 15.6. The van der Waals surface area contributed by atoms with Crippen molar-refractivity contribution in [1.82, 2.24) is 4.98 Å². The fourth-order valence-electron chi connectivity index (χ4n) is 1.50. The SMILES string of the molecule is CCC(C)c1nc(C(N)CC(C)C)cs1. The third-order valence-corrected chi connectivity index (χ3v) is 3.77. The molecule has 0 aliphatic carbocycles. The molecular formula is C12H22N2S. The van der Waals surface area contributed by atoms with Gasteiger partial charge in [-0.1, -0.05) is 27.7 Å². The molecule has 0 aliphatic heterocycles. The van der Waals surface area contributed by atoms with Crippen LogP contribution in [0.1, 0.15) is 63.2 Å². The van der Waals surface area contributed by atoms with Gasteiger partial charge in [0.1, 0.15) is 0 Å². The van der Waals surface area contributed by atoms with Crippen molar-refractivity contribution < 1.29 is 0 Å². The van der Waals surface area contributed by atoms with Crippen molar-refractivity contribution in [3.63, 3.8) is 0 Å². The number of aromatic nitrogens is 1. The van der Waals surface area contributed by atoms with Gasteiger partial charge in [-0.3, -0.25) is 0 Å². The zero-order chi connectivity index (χ0) is 11.4. The Labute approximate surface area is 96.9 Å². The number of thiazole rings is 1. The lowest BCUT2D eigenvalue weighted by atomic mass is 10.0. The van der Waals surface area contributed by atoms with Crippen molar-refractivity contribution >= 4 is 11.3 Å². The Bertz CT molecular complexity index is 294. The zero-order valence-corrected chi connectivity index (χ0v) is 11.0. The minimum absolute atomic E-state index is 0.110. The first-order valence-electron chi connectivity index (χ1n) is 5.75. The van der Waals surface area contributed by atoms with Crippen molar-refractivity contribution in [2.45, 2.75) is 52.5 Å². The minimum Gasteiger partial charge on any atom is -0.323 e. The molecule has 0 radical (unpaired) electrons. The summed E-state index contributed by atoms with van der Waals surface area (Å²) in [7, 11) is 0. The smallest absolute Gasteiger partial charge is 0.0957 e. The van der Waals surface area contributed by atoms with E-state index >= 15 is 0 Å². The van der Waals surface area contributed by atoms with Crippen LogP contribution in [0.15, 0.2) is 5.38 Å². The Kier molecular flexibility index (Phi) is 4.74. The Morgan fingerprint density at radius 1 is 1.40 bits per heavy atom. The molecule has 1 heterocycles. The molecule has 2 atom stereocenters. The largest absolute Gasteiger partial charge is 0.323 e. The number of nitrogens with zero attached hydrogens (tertiary/aromatic N) is 1. The van der Waals surface area contributed by atoms with E-state index in [9.17, 15) is 0 Å². The van der Waals surface area contributed by atoms with E-state index in [1.165, 1.54) is 5.01 Å². The van der Waals surface area contributed by atoms with E-state index in [1.807, 2.05) is 0 Å². The highest BCUT2D eigenvalue weighted by atomic mass is 32.1. The highest BCUT2D eigenvalue weighted by Crippen LogP contribution is 2.26. The summed E-state index contributed by atoms with van der Waals surface area (Å²) in [5.41, 5.74) is 7.17. The molecule has 0 aliphatic rings. The topological polar surface area (TPSA) is 38.9 Å². The molecule has 0 bridgehead atoms. The molecule has 1 aromatic rings. The van der Waals surface area contributed by atoms with Crippen LogP contribution in [0.4, 0.5) is 0 Å². The molecular weight excluding hydrogens is 204 g/mol. The predicted molar refractivity (Wildman–Crippen MR) is 67.2 cm³/mol. The molecule has 86 valence electrons. The van der Waals surface area contributed by atoms with E-state index in [0.717, 1.165) is 18.5 Å². The summed E-state index contributed by atoms with van der Waals surface area (Å²) in [5, 5.41) is 3.35. The second kappa shape index (κ2) is 5.61. The first-order valence-corrected chi connectivity index (χ1v) is 6.63. The lowest BCUT2D eigenvalue weighted by Crippen LogP contribution is -2.13. The van der Waals surface area contributed by atoms with Gasteiger partial charge in [0.15, 0.2) is 0 Å². The van der Waals surface area contributed by atoms with Crippen molar-refractivity contribution in [2.24, 2.45) is 11.7 Å². The number of hydrogen-bond acceptors (Lipinski definition) is 3. The fourth-order valence-corrected chi connectivity index (χ4v) is 2.53. The van der Waals surface area contributed by atoms with Crippen molar-refractivity contribution in [3.8, 4) is 0 Å². The standard InChI is InChI=1S/C12H22N2S/c1-5-9(4)12-14-11(7-15-12)10(13)6-8(2)3/h7-10H,5-6,13H2,1-4H3. The van der Waals surface area contributed by atoms with Gasteiger partial charge in [0.2, 0.25) is 0 Å². The van der Waals surface area contributed by atoms with Gasteiger partial charge in [-0.15, -0.1) is 11.3 Å². The molecule has 3 heteroatoms. The molecule has 0 spiro atoms. The minimum atomic E-state index is 0.110. The zero-order valence-electron chi connectivity index (χ0n) is 10.2. The molecule has 0 amide bonds. The Hall–Kier alpha value is -0.410. The molecule has 1 rings (SSSR count). The summed E-state index contributed by atoms with van der Waals surface area (Å²) in [4.78, 5) is 4.63. The fraction of sp³-hybridized carbons (Fsp3) is 0.750. The summed E-state index contributed by atoms with van der Waals surface area (Å²) >= 11 is 1.75. The molecule has 0 saturated heterocycles. The molecule has 0 saturated carbocycles. The highest BCUT2D eigenvalue weighted by Gasteiger charge is 2.14. The van der Waals surface area contributed by atoms with Crippen LogP contribution in [-0.4, -0.2) is 4.98 Å². The summed E-state index contributed by atoms with van der Waals surface area (Å²) in [6.07, 6.45) is 2.16. The van der Waals surface area contributed by atoms with Gasteiger partial charge in [-0.2, -0.15) is 0 Å². The van der Waals surface area contributed by atoms with Crippen LogP contribution in [0.5, 0.6) is 0 Å². The van der Waals surface area contributed by atoms with Gasteiger partial charge in [-0.25, -0.2) is 4.98 Å². The van der Waals surface area contributed by atoms with Crippen LogP contribution in [0, 0.1) is 5.92 Å². The summed E-state index contributed by atoms with van der Waals surface area (Å²) < 4.78 is 0. The maximum atomic E-state index is 6.10. The molecule has 2 N–H and O–H groups in total. The van der Waals surface area contributed by atoms with Gasteiger partial charge in [0.05, 0.1) is 10.7 Å². The Morgan fingerprint density at radius 3 is 2.60 bits per heavy atom. The number of rotatable bonds is 5. The van der Waals surface area contributed by atoms with Crippen LogP contribution in [-0.2, 0) is 0 Å². The summed E-state index contributed by atoms with van der Waals surface area (Å²) in [6.45, 7) is 8.81. The quantitative estimate of drug-likeness (QED) is 0.831. The lowest BCUT2D eigenvalue weighted by Gasteiger charge is -2.11. The average Bonchev–Trinajstić information content (AvgIpc) is 2.64. The van der Waals surface area contributed by atoms with Crippen molar-refractivity contribution in [1.29, 1.82) is 0 Å². The molecule has 2 nitrogen and oxygen atoms in total. The monoisotopic (exact) mass is 226 g/mol. The Balaban J connectivity index is 2.66. The number of nitrogens with two attached hydrogens (primary N) is 1. The second-order valence-corrected chi connectivity index (χ2v) is 5.55. The van der Waals surface area contributed by atoms with Gasteiger partial charge >= 0.3 is 0 Å². The van der Waals surface area contributed by atoms with Crippen LogP contribution < -0.4 is 5.73 Å². The Morgan fingerprint density at radius 2 is 2.07 bits per heavy atom. The molecule has 2 unspecified atom stereocenters. The van der Waals surface area contributed by atoms with Crippen molar-refractivity contribution in [3.05, 3.63) is 16.1 Å². The third kappa shape index (κ3) is 3.58. The van der Waals surface area contributed by atoms with Gasteiger partial charge in [0.25, 0.3) is 0 Å². The third-order valence-electron chi connectivity index (χ3n) is 2.68. The maximum absolute atomic E-state index is 6.10. The van der Waals surface area contributed by atoms with Crippen LogP contribution >= 0.6 is 11.3 Å². The van der Waals surface area contributed by atoms with E-state index in [1.54, 1.807) is 11.3 Å². The molecule has 0 aromatic carbocycles. The van der Waals surface area contributed by atoms with E-state index in [2.05, 4.69) is 38.1 Å². The summed E-state index contributed by atoms with van der Waals surface area (Å²) in [5.74, 6) is 1.20. The van der Waals surface area contributed by atoms with Gasteiger partial charge < -0.3 is 5.73 Å². The van der Waals surface area contributed by atoms with Crippen molar-refractivity contribution in [2.75, 3.05) is 0 Å². The highest BCUT2D eigenvalue weighted by molar-refractivity contribution is 7.09. The molecule has 1 aromatic heterocycles. The lowest BCUT2D eigenvalue weighted by molar-refractivity contribution is 0.502. The van der Waals surface area contributed by atoms with E-state index in [4.69, 9.17) is 5.73 Å². The van der Waals surface area contributed by atoms with Gasteiger partial charge in [-0.05, 0) is 18.8 Å². The van der Waals surface area contributed by atoms with E-state index in [-0.39, 0.29) is 6.04 Å². The van der Waals surface area contributed by atoms with Crippen LogP contribution in [0.3, 0.4) is 0 Å². The first-order chi connectivity index (χ1) is 7.04. The second-order valence-electron chi connectivity index (χ2n) is 4.66. The number of hydrogen-bond donors (Lipinski definition) is 1. The van der Waals surface area contributed by atoms with E-state index in [0.29, 0.717) is 11.8 Å². The van der Waals surface area contributed by atoms with E-state index < -0.39 is 0 Å². The molecule has 0 fully saturated rings. The first kappa shape index (κ1) is 12.7.